The third-order valence-corrected chi connectivity index (χ3v) is 5.21. The number of nitrogens with zero attached hydrogens (tertiary/aromatic N) is 1. The second-order valence-corrected chi connectivity index (χ2v) is 7.88. The molecule has 3 N–H and O–H groups in total. The van der Waals surface area contributed by atoms with Crippen LogP contribution in [0.1, 0.15) is 37.3 Å². The van der Waals surface area contributed by atoms with Gasteiger partial charge in [-0.25, -0.2) is 9.18 Å². The molecular weight excluding hydrogens is 477 g/mol. The number of amides is 2. The summed E-state index contributed by atoms with van der Waals surface area (Å²) in [5.41, 5.74) is 0.377. The zero-order chi connectivity index (χ0) is 26.8. The molecule has 0 saturated heterocycles. The number of benzene rings is 2. The van der Waals surface area contributed by atoms with Crippen LogP contribution < -0.4 is 10.6 Å². The molecule has 2 amide bonds. The molecule has 0 bridgehead atoms. The van der Waals surface area contributed by atoms with E-state index in [0.29, 0.717) is 5.56 Å². The zero-order valence-electron chi connectivity index (χ0n) is 19.6. The minimum absolute atomic E-state index is 0.0359. The van der Waals surface area contributed by atoms with Gasteiger partial charge in [0.25, 0.3) is 5.69 Å². The molecule has 0 spiro atoms. The van der Waals surface area contributed by atoms with E-state index in [2.05, 4.69) is 10.6 Å². The Morgan fingerprint density at radius 1 is 1.11 bits per heavy atom. The molecule has 0 aliphatic carbocycles. The summed E-state index contributed by atoms with van der Waals surface area (Å²) in [5, 5.41) is 25.7. The van der Waals surface area contributed by atoms with E-state index >= 15 is 0 Å². The quantitative estimate of drug-likeness (QED) is 0.225. The Morgan fingerprint density at radius 3 is 2.31 bits per heavy atom. The lowest BCUT2D eigenvalue weighted by atomic mass is 9.88. The molecule has 12 heteroatoms. The van der Waals surface area contributed by atoms with Gasteiger partial charge < -0.3 is 20.5 Å². The first-order chi connectivity index (χ1) is 17.0. The van der Waals surface area contributed by atoms with Gasteiger partial charge in [-0.15, -0.1) is 0 Å². The van der Waals surface area contributed by atoms with Crippen molar-refractivity contribution in [3.63, 3.8) is 0 Å². The highest BCUT2D eigenvalue weighted by Crippen LogP contribution is 2.27. The number of ether oxygens (including phenoxy) is 1. The summed E-state index contributed by atoms with van der Waals surface area (Å²) in [7, 11) is 0. The average Bonchev–Trinajstić information content (AvgIpc) is 2.80. The van der Waals surface area contributed by atoms with E-state index in [9.17, 15) is 38.8 Å². The predicted octanol–water partition coefficient (Wildman–Crippen LogP) is 2.09. The van der Waals surface area contributed by atoms with Gasteiger partial charge in [-0.3, -0.25) is 24.5 Å². The minimum Gasteiger partial charge on any atom is -0.480 e. The Hall–Kier alpha value is -4.35. The van der Waals surface area contributed by atoms with E-state index in [4.69, 9.17) is 4.74 Å². The van der Waals surface area contributed by atoms with Gasteiger partial charge in [-0.2, -0.15) is 0 Å². The molecule has 2 aromatic rings. The lowest BCUT2D eigenvalue weighted by molar-refractivity contribution is -0.384. The second-order valence-electron chi connectivity index (χ2n) is 7.88. The molecule has 192 valence electrons. The number of carboxylic acids is 1. The summed E-state index contributed by atoms with van der Waals surface area (Å²) in [6.07, 6.45) is -0.576. The van der Waals surface area contributed by atoms with Crippen molar-refractivity contribution < 1.29 is 38.3 Å². The highest BCUT2D eigenvalue weighted by atomic mass is 19.1. The van der Waals surface area contributed by atoms with E-state index in [1.54, 1.807) is 13.0 Å². The van der Waals surface area contributed by atoms with Gasteiger partial charge in [-0.1, -0.05) is 24.3 Å². The summed E-state index contributed by atoms with van der Waals surface area (Å²) in [5.74, 6) is -5.37. The van der Waals surface area contributed by atoms with Crippen molar-refractivity contribution in [2.45, 2.75) is 44.7 Å². The topological polar surface area (TPSA) is 165 Å². The van der Waals surface area contributed by atoms with Gasteiger partial charge in [0.1, 0.15) is 17.9 Å². The molecule has 36 heavy (non-hydrogen) atoms. The normalized spacial score (nSPS) is 13.1. The second kappa shape index (κ2) is 12.9. The SMILES string of the molecule is CCOC(=O)C[C@@H](c1ccc([N+](=O)[O-])cc1)[C@H](NC(=O)[C@@H](Cc1cccc(F)c1)NC(C)=O)C(=O)O. The van der Waals surface area contributed by atoms with Crippen LogP contribution in [0.25, 0.3) is 0 Å². The Balaban J connectivity index is 2.38. The highest BCUT2D eigenvalue weighted by Gasteiger charge is 2.35. The molecule has 11 nitrogen and oxygen atoms in total. The average molecular weight is 503 g/mol. The van der Waals surface area contributed by atoms with Crippen LogP contribution in [0.5, 0.6) is 0 Å². The van der Waals surface area contributed by atoms with E-state index in [1.807, 2.05) is 0 Å². The molecule has 0 unspecified atom stereocenters. The van der Waals surface area contributed by atoms with Crippen molar-refractivity contribution in [2.24, 2.45) is 0 Å². The third-order valence-electron chi connectivity index (χ3n) is 5.21. The number of aliphatic carboxylic acids is 1. The van der Waals surface area contributed by atoms with Crippen molar-refractivity contribution in [3.05, 3.63) is 75.6 Å². The highest BCUT2D eigenvalue weighted by molar-refractivity contribution is 5.91. The van der Waals surface area contributed by atoms with Gasteiger partial charge in [0.15, 0.2) is 0 Å². The number of rotatable bonds is 12. The molecule has 2 rings (SSSR count). The minimum atomic E-state index is -1.66. The number of esters is 1. The summed E-state index contributed by atoms with van der Waals surface area (Å²) < 4.78 is 18.5. The molecule has 2 aromatic carbocycles. The molecule has 0 fully saturated rings. The summed E-state index contributed by atoms with van der Waals surface area (Å²) in [6.45, 7) is 2.77. The van der Waals surface area contributed by atoms with Crippen LogP contribution in [-0.4, -0.2) is 52.5 Å². The summed E-state index contributed by atoms with van der Waals surface area (Å²) >= 11 is 0. The van der Waals surface area contributed by atoms with Crippen LogP contribution in [0, 0.1) is 15.9 Å². The van der Waals surface area contributed by atoms with Crippen molar-refractivity contribution >= 4 is 29.4 Å². The molecule has 0 saturated carbocycles. The number of nitrogens with one attached hydrogen (secondary N) is 2. The standard InChI is InChI=1S/C24H26FN3O8/c1-3-36-21(30)13-19(16-7-9-18(10-8-16)28(34)35)22(24(32)33)27-23(31)20(26-14(2)29)12-15-5-4-6-17(25)11-15/h4-11,19-20,22H,3,12-13H2,1-2H3,(H,26,29)(H,27,31)(H,32,33)/t19-,20+,22-/m0/s1. The molecule has 0 aliphatic rings. The van der Waals surface area contributed by atoms with Crippen LogP contribution in [0.4, 0.5) is 10.1 Å². The van der Waals surface area contributed by atoms with Gasteiger partial charge in [0.05, 0.1) is 18.0 Å². The van der Waals surface area contributed by atoms with Crippen molar-refractivity contribution in [3.8, 4) is 0 Å². The first-order valence-corrected chi connectivity index (χ1v) is 11.0. The molecule has 0 radical (unpaired) electrons. The summed E-state index contributed by atoms with van der Waals surface area (Å²) in [6, 6.07) is 7.34. The number of non-ortho nitro benzene ring substituents is 1. The maximum absolute atomic E-state index is 13.6. The molecule has 0 heterocycles. The fourth-order valence-corrected chi connectivity index (χ4v) is 3.61. The molecule has 0 aliphatic heterocycles. The van der Waals surface area contributed by atoms with E-state index in [0.717, 1.165) is 12.1 Å². The van der Waals surface area contributed by atoms with Gasteiger partial charge >= 0.3 is 11.9 Å². The Kier molecular flexibility index (Phi) is 10.0. The van der Waals surface area contributed by atoms with Crippen LogP contribution >= 0.6 is 0 Å². The number of halogens is 1. The maximum atomic E-state index is 13.6. The Morgan fingerprint density at radius 2 is 1.78 bits per heavy atom. The number of carbonyl (C=O) groups is 4. The predicted molar refractivity (Wildman–Crippen MR) is 124 cm³/mol. The van der Waals surface area contributed by atoms with Crippen molar-refractivity contribution in [2.75, 3.05) is 6.61 Å². The monoisotopic (exact) mass is 503 g/mol. The smallest absolute Gasteiger partial charge is 0.326 e. The number of carboxylic acid groups (broad SMARTS) is 1. The van der Waals surface area contributed by atoms with Crippen molar-refractivity contribution in [1.82, 2.24) is 10.6 Å². The van der Waals surface area contributed by atoms with Gasteiger partial charge in [0, 0.05) is 31.4 Å². The fourth-order valence-electron chi connectivity index (χ4n) is 3.61. The number of hydrogen-bond acceptors (Lipinski definition) is 7. The van der Waals surface area contributed by atoms with Crippen LogP contribution in [-0.2, 0) is 30.3 Å². The first-order valence-electron chi connectivity index (χ1n) is 11.0. The number of carbonyl (C=O) groups excluding carboxylic acids is 3. The van der Waals surface area contributed by atoms with Crippen LogP contribution in [0.15, 0.2) is 48.5 Å². The first kappa shape index (κ1) is 27.9. The number of nitro groups is 1. The van der Waals surface area contributed by atoms with Crippen molar-refractivity contribution in [1.29, 1.82) is 0 Å². The number of hydrogen-bond donors (Lipinski definition) is 3. The zero-order valence-corrected chi connectivity index (χ0v) is 19.6. The summed E-state index contributed by atoms with van der Waals surface area (Å²) in [4.78, 5) is 59.6. The lowest BCUT2D eigenvalue weighted by Gasteiger charge is -2.27. The number of nitro benzene ring substituents is 1. The molecule has 0 aromatic heterocycles. The largest absolute Gasteiger partial charge is 0.480 e. The fraction of sp³-hybridized carbons (Fsp3) is 0.333. The lowest BCUT2D eigenvalue weighted by Crippen LogP contribution is -2.54. The van der Waals surface area contributed by atoms with E-state index < -0.39 is 58.9 Å². The third kappa shape index (κ3) is 8.15. The van der Waals surface area contributed by atoms with E-state index in [1.165, 1.54) is 37.3 Å². The van der Waals surface area contributed by atoms with Gasteiger partial charge in [0.2, 0.25) is 11.8 Å². The molecule has 3 atom stereocenters. The maximum Gasteiger partial charge on any atom is 0.326 e. The van der Waals surface area contributed by atoms with Gasteiger partial charge in [-0.05, 0) is 30.2 Å². The Labute approximate surface area is 205 Å². The van der Waals surface area contributed by atoms with Crippen LogP contribution in [0.3, 0.4) is 0 Å². The van der Waals surface area contributed by atoms with E-state index in [-0.39, 0.29) is 24.3 Å². The van der Waals surface area contributed by atoms with Crippen LogP contribution in [0.2, 0.25) is 0 Å². The Bertz CT molecular complexity index is 1120. The molecular formula is C24H26FN3O8.